The first-order chi connectivity index (χ1) is 8.02. The largest absolute Gasteiger partial charge is 0.370 e. The highest BCUT2D eigenvalue weighted by Crippen LogP contribution is 2.27. The number of benzene rings is 1. The number of aryl methyl sites for hydroxylation is 1. The van der Waals surface area contributed by atoms with Crippen LogP contribution in [0.25, 0.3) is 0 Å². The Morgan fingerprint density at radius 3 is 2.24 bits per heavy atom. The van der Waals surface area contributed by atoms with E-state index >= 15 is 0 Å². The molecule has 0 aliphatic rings. The molecule has 0 aliphatic heterocycles. The second kappa shape index (κ2) is 6.43. The molecule has 1 atom stereocenters. The van der Waals surface area contributed by atoms with Crippen LogP contribution in [0.2, 0.25) is 0 Å². The molecule has 0 saturated heterocycles. The first kappa shape index (κ1) is 13.8. The van der Waals surface area contributed by atoms with Gasteiger partial charge in [0.2, 0.25) is 5.91 Å². The van der Waals surface area contributed by atoms with E-state index in [4.69, 9.17) is 5.73 Å². The van der Waals surface area contributed by atoms with Crippen molar-refractivity contribution in [2.24, 2.45) is 11.7 Å². The van der Waals surface area contributed by atoms with E-state index in [-0.39, 0.29) is 11.8 Å². The lowest BCUT2D eigenvalue weighted by atomic mass is 9.87. The standard InChI is InChI=1S/C15H23NO/c1-4-12-5-7-13(8-6-12)14(9-11(2)3)10-15(16)17/h5-8,11,14H,4,9-10H2,1-3H3,(H2,16,17). The molecule has 0 aliphatic carbocycles. The van der Waals surface area contributed by atoms with Crippen molar-refractivity contribution in [2.75, 3.05) is 0 Å². The number of hydrogen-bond donors (Lipinski definition) is 1. The molecule has 1 rings (SSSR count). The van der Waals surface area contributed by atoms with Crippen molar-refractivity contribution in [1.82, 2.24) is 0 Å². The zero-order valence-corrected chi connectivity index (χ0v) is 11.1. The van der Waals surface area contributed by atoms with Gasteiger partial charge in [-0.2, -0.15) is 0 Å². The summed E-state index contributed by atoms with van der Waals surface area (Å²) >= 11 is 0. The van der Waals surface area contributed by atoms with E-state index in [9.17, 15) is 4.79 Å². The van der Waals surface area contributed by atoms with Crippen molar-refractivity contribution >= 4 is 5.91 Å². The van der Waals surface area contributed by atoms with E-state index in [2.05, 4.69) is 45.0 Å². The average Bonchev–Trinajstić information content (AvgIpc) is 2.27. The first-order valence-electron chi connectivity index (χ1n) is 6.40. The normalized spacial score (nSPS) is 12.7. The lowest BCUT2D eigenvalue weighted by Crippen LogP contribution is -2.16. The van der Waals surface area contributed by atoms with Crippen LogP contribution in [0.5, 0.6) is 0 Å². The van der Waals surface area contributed by atoms with Crippen LogP contribution >= 0.6 is 0 Å². The third kappa shape index (κ3) is 4.59. The SMILES string of the molecule is CCc1ccc(C(CC(N)=O)CC(C)C)cc1. The van der Waals surface area contributed by atoms with Crippen molar-refractivity contribution in [1.29, 1.82) is 0 Å². The smallest absolute Gasteiger partial charge is 0.218 e. The Morgan fingerprint density at radius 1 is 1.24 bits per heavy atom. The van der Waals surface area contributed by atoms with Gasteiger partial charge in [-0.3, -0.25) is 4.79 Å². The van der Waals surface area contributed by atoms with Gasteiger partial charge in [-0.15, -0.1) is 0 Å². The fraction of sp³-hybridized carbons (Fsp3) is 0.533. The zero-order valence-electron chi connectivity index (χ0n) is 11.1. The molecule has 2 N–H and O–H groups in total. The minimum absolute atomic E-state index is 0.213. The van der Waals surface area contributed by atoms with Crippen molar-refractivity contribution in [2.45, 2.75) is 46.0 Å². The Bertz CT molecular complexity index is 354. The minimum Gasteiger partial charge on any atom is -0.370 e. The summed E-state index contributed by atoms with van der Waals surface area (Å²) in [5, 5.41) is 0. The third-order valence-electron chi connectivity index (χ3n) is 3.06. The molecule has 0 saturated carbocycles. The predicted molar refractivity (Wildman–Crippen MR) is 71.8 cm³/mol. The molecule has 1 unspecified atom stereocenters. The summed E-state index contributed by atoms with van der Waals surface area (Å²) in [6.45, 7) is 6.49. The Kier molecular flexibility index (Phi) is 5.20. The lowest BCUT2D eigenvalue weighted by molar-refractivity contribution is -0.118. The van der Waals surface area contributed by atoms with Gasteiger partial charge in [0.05, 0.1) is 0 Å². The molecule has 1 amide bonds. The number of carbonyl (C=O) groups is 1. The van der Waals surface area contributed by atoms with Crippen molar-refractivity contribution in [3.63, 3.8) is 0 Å². The van der Waals surface area contributed by atoms with Crippen molar-refractivity contribution in [3.05, 3.63) is 35.4 Å². The zero-order chi connectivity index (χ0) is 12.8. The van der Waals surface area contributed by atoms with Crippen LogP contribution in [0.15, 0.2) is 24.3 Å². The van der Waals surface area contributed by atoms with Gasteiger partial charge in [0.15, 0.2) is 0 Å². The summed E-state index contributed by atoms with van der Waals surface area (Å²) in [4.78, 5) is 11.1. The van der Waals surface area contributed by atoms with Gasteiger partial charge in [0.25, 0.3) is 0 Å². The molecular weight excluding hydrogens is 210 g/mol. The molecule has 0 heterocycles. The molecule has 2 nitrogen and oxygen atoms in total. The van der Waals surface area contributed by atoms with E-state index < -0.39 is 0 Å². The summed E-state index contributed by atoms with van der Waals surface area (Å²) in [6.07, 6.45) is 2.50. The maximum absolute atomic E-state index is 11.1. The molecule has 0 spiro atoms. The Morgan fingerprint density at radius 2 is 1.82 bits per heavy atom. The van der Waals surface area contributed by atoms with E-state index in [0.717, 1.165) is 12.8 Å². The van der Waals surface area contributed by atoms with Crippen LogP contribution in [0, 0.1) is 5.92 Å². The fourth-order valence-corrected chi connectivity index (χ4v) is 2.17. The summed E-state index contributed by atoms with van der Waals surface area (Å²) in [5.74, 6) is 0.624. The number of hydrogen-bond acceptors (Lipinski definition) is 1. The molecule has 2 heteroatoms. The summed E-state index contributed by atoms with van der Waals surface area (Å²) < 4.78 is 0. The molecule has 0 aromatic heterocycles. The monoisotopic (exact) mass is 233 g/mol. The first-order valence-corrected chi connectivity index (χ1v) is 6.40. The number of rotatable bonds is 6. The second-order valence-electron chi connectivity index (χ2n) is 5.09. The highest BCUT2D eigenvalue weighted by atomic mass is 16.1. The van der Waals surface area contributed by atoms with Crippen LogP contribution < -0.4 is 5.73 Å². The Balaban J connectivity index is 2.83. The van der Waals surface area contributed by atoms with E-state index in [0.29, 0.717) is 12.3 Å². The molecule has 94 valence electrons. The van der Waals surface area contributed by atoms with Crippen LogP contribution in [0.1, 0.15) is 50.7 Å². The van der Waals surface area contributed by atoms with Gasteiger partial charge < -0.3 is 5.73 Å². The summed E-state index contributed by atoms with van der Waals surface area (Å²) in [5.41, 5.74) is 7.88. The van der Waals surface area contributed by atoms with E-state index in [1.807, 2.05) is 0 Å². The van der Waals surface area contributed by atoms with Gasteiger partial charge in [-0.1, -0.05) is 45.0 Å². The number of nitrogens with two attached hydrogens (primary N) is 1. The lowest BCUT2D eigenvalue weighted by Gasteiger charge is -2.18. The number of carbonyl (C=O) groups excluding carboxylic acids is 1. The number of primary amides is 1. The average molecular weight is 233 g/mol. The van der Waals surface area contributed by atoms with Gasteiger partial charge in [-0.25, -0.2) is 0 Å². The van der Waals surface area contributed by atoms with Crippen molar-refractivity contribution in [3.8, 4) is 0 Å². The van der Waals surface area contributed by atoms with Gasteiger partial charge in [0, 0.05) is 6.42 Å². The molecule has 0 fully saturated rings. The maximum Gasteiger partial charge on any atom is 0.218 e. The molecule has 1 aromatic rings. The summed E-state index contributed by atoms with van der Waals surface area (Å²) in [7, 11) is 0. The van der Waals surface area contributed by atoms with Crippen LogP contribution in [0.4, 0.5) is 0 Å². The van der Waals surface area contributed by atoms with E-state index in [1.165, 1.54) is 11.1 Å². The van der Waals surface area contributed by atoms with Crippen LogP contribution in [0.3, 0.4) is 0 Å². The summed E-state index contributed by atoms with van der Waals surface area (Å²) in [6, 6.07) is 8.55. The molecule has 0 bridgehead atoms. The molecular formula is C15H23NO. The van der Waals surface area contributed by atoms with E-state index in [1.54, 1.807) is 0 Å². The predicted octanol–water partition coefficient (Wildman–Crippen LogP) is 3.25. The molecule has 1 aromatic carbocycles. The maximum atomic E-state index is 11.1. The van der Waals surface area contributed by atoms with Gasteiger partial charge >= 0.3 is 0 Å². The highest BCUT2D eigenvalue weighted by molar-refractivity contribution is 5.74. The highest BCUT2D eigenvalue weighted by Gasteiger charge is 2.15. The second-order valence-corrected chi connectivity index (χ2v) is 5.09. The Hall–Kier alpha value is -1.31. The van der Waals surface area contributed by atoms with Crippen LogP contribution in [-0.4, -0.2) is 5.91 Å². The van der Waals surface area contributed by atoms with Crippen molar-refractivity contribution < 1.29 is 4.79 Å². The van der Waals surface area contributed by atoms with Crippen LogP contribution in [-0.2, 0) is 11.2 Å². The topological polar surface area (TPSA) is 43.1 Å². The fourth-order valence-electron chi connectivity index (χ4n) is 2.17. The van der Waals surface area contributed by atoms with Gasteiger partial charge in [-0.05, 0) is 35.8 Å². The third-order valence-corrected chi connectivity index (χ3v) is 3.06. The minimum atomic E-state index is -0.213. The Labute approximate surface area is 104 Å². The molecule has 0 radical (unpaired) electrons. The number of amides is 1. The molecule has 17 heavy (non-hydrogen) atoms. The quantitative estimate of drug-likeness (QED) is 0.805. The van der Waals surface area contributed by atoms with Gasteiger partial charge in [0.1, 0.15) is 0 Å².